The van der Waals surface area contributed by atoms with Crippen molar-refractivity contribution in [3.63, 3.8) is 0 Å². The fraction of sp³-hybridized carbons (Fsp3) is 0.200. The molecule has 0 fully saturated rings. The summed E-state index contributed by atoms with van der Waals surface area (Å²) >= 11 is 0. The quantitative estimate of drug-likeness (QED) is 0.857. The minimum atomic E-state index is -0.155. The van der Waals surface area contributed by atoms with Crippen molar-refractivity contribution in [1.82, 2.24) is 9.78 Å². The van der Waals surface area contributed by atoms with Crippen LogP contribution in [0.1, 0.15) is 18.2 Å². The molecule has 0 spiro atoms. The highest BCUT2D eigenvalue weighted by Crippen LogP contribution is 2.19. The van der Waals surface area contributed by atoms with E-state index in [4.69, 9.17) is 0 Å². The van der Waals surface area contributed by atoms with Crippen molar-refractivity contribution in [2.24, 2.45) is 0 Å². The minimum absolute atomic E-state index is 0.155. The zero-order valence-corrected chi connectivity index (χ0v) is 11.3. The molecule has 0 aliphatic heterocycles. The van der Waals surface area contributed by atoms with E-state index in [0.717, 1.165) is 16.9 Å². The number of carbonyl (C=O) groups excluding carboxylic acids is 1. The number of carbonyl (C=O) groups is 1. The maximum Gasteiger partial charge on any atom is 0.249 e. The molecule has 0 atom stereocenters. The van der Waals surface area contributed by atoms with Crippen molar-refractivity contribution in [1.29, 1.82) is 0 Å². The molecule has 0 unspecified atom stereocenters. The van der Waals surface area contributed by atoms with Gasteiger partial charge >= 0.3 is 0 Å². The standard InChI is InChI=1S/C15H17N3O/c1-4-7-15(19)16-14-10-12(3)17-18(14)13-9-6-5-8-11(13)2/h4-10H,1-3H3,(H,16,19). The van der Waals surface area contributed by atoms with Gasteiger partial charge < -0.3 is 5.32 Å². The number of aryl methyl sites for hydroxylation is 2. The van der Waals surface area contributed by atoms with Gasteiger partial charge in [-0.1, -0.05) is 24.3 Å². The van der Waals surface area contributed by atoms with E-state index in [1.165, 1.54) is 6.08 Å². The number of hydrogen-bond donors (Lipinski definition) is 1. The van der Waals surface area contributed by atoms with Gasteiger partial charge in [0.2, 0.25) is 5.91 Å². The molecule has 0 radical (unpaired) electrons. The van der Waals surface area contributed by atoms with Gasteiger partial charge in [-0.05, 0) is 38.5 Å². The first kappa shape index (κ1) is 13.1. The highest BCUT2D eigenvalue weighted by molar-refractivity contribution is 5.98. The monoisotopic (exact) mass is 255 g/mol. The van der Waals surface area contributed by atoms with Crippen LogP contribution in [0.3, 0.4) is 0 Å². The van der Waals surface area contributed by atoms with Gasteiger partial charge in [-0.15, -0.1) is 0 Å². The summed E-state index contributed by atoms with van der Waals surface area (Å²) in [6.45, 7) is 5.73. The Morgan fingerprint density at radius 1 is 1.32 bits per heavy atom. The third-order valence-electron chi connectivity index (χ3n) is 2.74. The van der Waals surface area contributed by atoms with Crippen LogP contribution in [-0.2, 0) is 4.79 Å². The number of anilines is 1. The number of rotatable bonds is 3. The van der Waals surface area contributed by atoms with Gasteiger partial charge in [0.1, 0.15) is 5.82 Å². The maximum atomic E-state index is 11.7. The first-order valence-electron chi connectivity index (χ1n) is 6.18. The summed E-state index contributed by atoms with van der Waals surface area (Å²) in [5.41, 5.74) is 2.93. The van der Waals surface area contributed by atoms with Gasteiger partial charge in [-0.25, -0.2) is 4.68 Å². The number of aromatic nitrogens is 2. The lowest BCUT2D eigenvalue weighted by molar-refractivity contribution is -0.111. The minimum Gasteiger partial charge on any atom is -0.307 e. The van der Waals surface area contributed by atoms with Crippen molar-refractivity contribution in [3.8, 4) is 5.69 Å². The highest BCUT2D eigenvalue weighted by atomic mass is 16.1. The molecule has 98 valence electrons. The van der Waals surface area contributed by atoms with Crippen LogP contribution in [0.5, 0.6) is 0 Å². The van der Waals surface area contributed by atoms with Gasteiger partial charge in [-0.2, -0.15) is 5.10 Å². The largest absolute Gasteiger partial charge is 0.307 e. The van der Waals surface area contributed by atoms with Crippen molar-refractivity contribution < 1.29 is 4.79 Å². The van der Waals surface area contributed by atoms with Crippen LogP contribution in [-0.4, -0.2) is 15.7 Å². The van der Waals surface area contributed by atoms with Gasteiger partial charge in [0, 0.05) is 6.07 Å². The van der Waals surface area contributed by atoms with Crippen LogP contribution in [0, 0.1) is 13.8 Å². The number of benzene rings is 1. The maximum absolute atomic E-state index is 11.7. The Balaban J connectivity index is 2.42. The molecule has 4 heteroatoms. The van der Waals surface area contributed by atoms with Crippen LogP contribution < -0.4 is 5.32 Å². The van der Waals surface area contributed by atoms with Crippen LogP contribution in [0.25, 0.3) is 5.69 Å². The molecule has 2 aromatic rings. The molecule has 19 heavy (non-hydrogen) atoms. The molecule has 0 saturated heterocycles. The summed E-state index contributed by atoms with van der Waals surface area (Å²) < 4.78 is 1.76. The number of amides is 1. The zero-order chi connectivity index (χ0) is 13.8. The first-order valence-corrected chi connectivity index (χ1v) is 6.18. The molecule has 1 heterocycles. The van der Waals surface area contributed by atoms with Gasteiger partial charge in [0.25, 0.3) is 0 Å². The third-order valence-corrected chi connectivity index (χ3v) is 2.74. The Hall–Kier alpha value is -2.36. The van der Waals surface area contributed by atoms with Gasteiger partial charge in [0.05, 0.1) is 11.4 Å². The average Bonchev–Trinajstić information content (AvgIpc) is 2.71. The number of allylic oxidation sites excluding steroid dienone is 1. The van der Waals surface area contributed by atoms with E-state index in [1.807, 2.05) is 51.1 Å². The van der Waals surface area contributed by atoms with E-state index in [2.05, 4.69) is 10.4 Å². The van der Waals surface area contributed by atoms with Crippen molar-refractivity contribution in [3.05, 3.63) is 53.7 Å². The van der Waals surface area contributed by atoms with E-state index in [9.17, 15) is 4.79 Å². The van der Waals surface area contributed by atoms with Gasteiger partial charge in [-0.3, -0.25) is 4.79 Å². The van der Waals surface area contributed by atoms with E-state index in [0.29, 0.717) is 5.82 Å². The third kappa shape index (κ3) is 2.91. The lowest BCUT2D eigenvalue weighted by Gasteiger charge is -2.10. The van der Waals surface area contributed by atoms with Gasteiger partial charge in [0.15, 0.2) is 0 Å². The molecular formula is C15H17N3O. The number of para-hydroxylation sites is 1. The van der Waals surface area contributed by atoms with Crippen LogP contribution in [0.2, 0.25) is 0 Å². The molecule has 1 aromatic heterocycles. The number of hydrogen-bond acceptors (Lipinski definition) is 2. The van der Waals surface area contributed by atoms with Crippen molar-refractivity contribution in [2.45, 2.75) is 20.8 Å². The van der Waals surface area contributed by atoms with E-state index in [1.54, 1.807) is 10.8 Å². The molecule has 0 aliphatic carbocycles. The lowest BCUT2D eigenvalue weighted by atomic mass is 10.2. The predicted molar refractivity (Wildman–Crippen MR) is 76.5 cm³/mol. The molecule has 1 N–H and O–H groups in total. The molecule has 4 nitrogen and oxygen atoms in total. The Bertz CT molecular complexity index is 626. The molecular weight excluding hydrogens is 238 g/mol. The molecule has 0 saturated carbocycles. The molecule has 0 aliphatic rings. The number of nitrogens with zero attached hydrogens (tertiary/aromatic N) is 2. The van der Waals surface area contributed by atoms with Crippen molar-refractivity contribution in [2.75, 3.05) is 5.32 Å². The van der Waals surface area contributed by atoms with E-state index in [-0.39, 0.29) is 5.91 Å². The molecule has 1 amide bonds. The Kier molecular flexibility index (Phi) is 3.80. The summed E-state index contributed by atoms with van der Waals surface area (Å²) in [5, 5.41) is 7.27. The SMILES string of the molecule is CC=CC(=O)Nc1cc(C)nn1-c1ccccc1C. The topological polar surface area (TPSA) is 46.9 Å². The second-order valence-electron chi connectivity index (χ2n) is 4.36. The van der Waals surface area contributed by atoms with Crippen LogP contribution >= 0.6 is 0 Å². The van der Waals surface area contributed by atoms with Crippen molar-refractivity contribution >= 4 is 11.7 Å². The molecule has 0 bridgehead atoms. The fourth-order valence-electron chi connectivity index (χ4n) is 1.89. The average molecular weight is 255 g/mol. The molecule has 2 rings (SSSR count). The van der Waals surface area contributed by atoms with E-state index >= 15 is 0 Å². The second kappa shape index (κ2) is 5.52. The highest BCUT2D eigenvalue weighted by Gasteiger charge is 2.10. The Morgan fingerprint density at radius 2 is 2.05 bits per heavy atom. The Morgan fingerprint density at radius 3 is 2.74 bits per heavy atom. The first-order chi connectivity index (χ1) is 9.11. The Labute approximate surface area is 112 Å². The lowest BCUT2D eigenvalue weighted by Crippen LogP contribution is -2.12. The summed E-state index contributed by atoms with van der Waals surface area (Å²) in [6.07, 6.45) is 3.20. The smallest absolute Gasteiger partial charge is 0.249 e. The van der Waals surface area contributed by atoms with E-state index < -0.39 is 0 Å². The predicted octanol–water partition coefficient (Wildman–Crippen LogP) is 3.00. The summed E-state index contributed by atoms with van der Waals surface area (Å²) in [7, 11) is 0. The fourth-order valence-corrected chi connectivity index (χ4v) is 1.89. The van der Waals surface area contributed by atoms with Crippen LogP contribution in [0.4, 0.5) is 5.82 Å². The van der Waals surface area contributed by atoms with Crippen LogP contribution in [0.15, 0.2) is 42.5 Å². The summed E-state index contributed by atoms with van der Waals surface area (Å²) in [5.74, 6) is 0.520. The summed E-state index contributed by atoms with van der Waals surface area (Å²) in [4.78, 5) is 11.7. The second-order valence-corrected chi connectivity index (χ2v) is 4.36. The zero-order valence-electron chi connectivity index (χ0n) is 11.3. The number of nitrogens with one attached hydrogen (secondary N) is 1. The summed E-state index contributed by atoms with van der Waals surface area (Å²) in [6, 6.07) is 9.79. The molecule has 1 aromatic carbocycles. The normalized spacial score (nSPS) is 10.9.